The van der Waals surface area contributed by atoms with Crippen molar-refractivity contribution in [2.45, 2.75) is 6.04 Å². The molecule has 1 heterocycles. The van der Waals surface area contributed by atoms with Crippen molar-refractivity contribution in [1.82, 2.24) is 10.2 Å². The van der Waals surface area contributed by atoms with Crippen LogP contribution in [0.2, 0.25) is 0 Å². The van der Waals surface area contributed by atoms with Crippen LogP contribution in [0.1, 0.15) is 0 Å². The van der Waals surface area contributed by atoms with E-state index in [0.717, 1.165) is 0 Å². The Kier molecular flexibility index (Phi) is 2.36. The van der Waals surface area contributed by atoms with Crippen molar-refractivity contribution >= 4 is 18.0 Å². The van der Waals surface area contributed by atoms with Crippen LogP contribution in [0.5, 0.6) is 0 Å². The van der Waals surface area contributed by atoms with E-state index >= 15 is 0 Å². The molecule has 1 rings (SSSR count). The Labute approximate surface area is 72.9 Å². The number of carboxylic acids is 1. The van der Waals surface area contributed by atoms with Crippen LogP contribution < -0.4 is 5.32 Å². The summed E-state index contributed by atoms with van der Waals surface area (Å²) < 4.78 is 0. The fraction of sp³-hybridized carbons (Fsp3) is 0.500. The summed E-state index contributed by atoms with van der Waals surface area (Å²) in [6.07, 6.45) is -1.40. The third-order valence-electron chi connectivity index (χ3n) is 1.69. The second-order valence-corrected chi connectivity index (χ2v) is 2.51. The quantitative estimate of drug-likeness (QED) is 0.436. The van der Waals surface area contributed by atoms with E-state index in [4.69, 9.17) is 10.2 Å². The molecule has 2 amide bonds. The minimum atomic E-state index is -1.62. The molecule has 3 N–H and O–H groups in total. The number of nitrogens with one attached hydrogen (secondary N) is 1. The molecule has 0 saturated carbocycles. The van der Waals surface area contributed by atoms with E-state index in [1.54, 1.807) is 0 Å². The van der Waals surface area contributed by atoms with Crippen molar-refractivity contribution in [2.24, 2.45) is 0 Å². The van der Waals surface area contributed by atoms with Gasteiger partial charge in [-0.25, -0.2) is 9.59 Å². The molecule has 1 aliphatic rings. The molecule has 1 fully saturated rings. The van der Waals surface area contributed by atoms with Gasteiger partial charge < -0.3 is 15.5 Å². The Balaban J connectivity index is 2.86. The van der Waals surface area contributed by atoms with Crippen LogP contribution in [0.15, 0.2) is 0 Å². The van der Waals surface area contributed by atoms with E-state index in [2.05, 4.69) is 5.32 Å². The monoisotopic (exact) mass is 188 g/mol. The number of amides is 2. The lowest BCUT2D eigenvalue weighted by molar-refractivity contribution is -0.149. The highest BCUT2D eigenvalue weighted by molar-refractivity contribution is 6.03. The molecule has 0 radical (unpaired) electrons. The van der Waals surface area contributed by atoms with Gasteiger partial charge in [-0.15, -0.1) is 0 Å². The Morgan fingerprint density at radius 3 is 2.46 bits per heavy atom. The first-order valence-electron chi connectivity index (χ1n) is 3.54. The van der Waals surface area contributed by atoms with Gasteiger partial charge >= 0.3 is 12.1 Å². The van der Waals surface area contributed by atoms with Gasteiger partial charge in [0.15, 0.2) is 0 Å². The Morgan fingerprint density at radius 2 is 2.08 bits per heavy atom. The third-order valence-corrected chi connectivity index (χ3v) is 1.69. The van der Waals surface area contributed by atoms with E-state index in [1.165, 1.54) is 0 Å². The van der Waals surface area contributed by atoms with Gasteiger partial charge in [-0.05, 0) is 0 Å². The van der Waals surface area contributed by atoms with Crippen molar-refractivity contribution in [1.29, 1.82) is 0 Å². The molecule has 7 nitrogen and oxygen atoms in total. The van der Waals surface area contributed by atoms with E-state index in [-0.39, 0.29) is 13.1 Å². The van der Waals surface area contributed by atoms with Gasteiger partial charge in [0.1, 0.15) is 0 Å². The van der Waals surface area contributed by atoms with Gasteiger partial charge in [0, 0.05) is 13.1 Å². The molecular formula is C6H8N2O5. The third kappa shape index (κ3) is 1.68. The first-order valence-corrected chi connectivity index (χ1v) is 3.54. The predicted octanol–water partition coefficient (Wildman–Crippen LogP) is -1.45. The summed E-state index contributed by atoms with van der Waals surface area (Å²) in [6.45, 7) is 0.146. The molecule has 0 spiro atoms. The molecule has 0 aromatic rings. The molecule has 1 atom stereocenters. The zero-order chi connectivity index (χ0) is 10.0. The smallest absolute Gasteiger partial charge is 0.408 e. The van der Waals surface area contributed by atoms with Crippen molar-refractivity contribution in [3.05, 3.63) is 0 Å². The first kappa shape index (κ1) is 9.30. The molecule has 1 saturated heterocycles. The minimum absolute atomic E-state index is 0.00194. The van der Waals surface area contributed by atoms with Gasteiger partial charge in [0.05, 0.1) is 0 Å². The number of nitrogens with zero attached hydrogens (tertiary/aromatic N) is 1. The summed E-state index contributed by atoms with van der Waals surface area (Å²) in [4.78, 5) is 32.6. The zero-order valence-corrected chi connectivity index (χ0v) is 6.56. The number of carbonyl (C=O) groups is 3. The Hall–Kier alpha value is -1.79. The van der Waals surface area contributed by atoms with Crippen LogP contribution in [0.3, 0.4) is 0 Å². The van der Waals surface area contributed by atoms with Gasteiger partial charge in [-0.2, -0.15) is 0 Å². The minimum Gasteiger partial charge on any atom is -0.479 e. The van der Waals surface area contributed by atoms with E-state index in [9.17, 15) is 14.4 Å². The van der Waals surface area contributed by atoms with Gasteiger partial charge in [-0.3, -0.25) is 9.69 Å². The van der Waals surface area contributed by atoms with Crippen LogP contribution in [0.4, 0.5) is 4.79 Å². The molecule has 1 aliphatic heterocycles. The first-order chi connectivity index (χ1) is 6.04. The van der Waals surface area contributed by atoms with Gasteiger partial charge in [0.25, 0.3) is 5.91 Å². The highest BCUT2D eigenvalue weighted by Crippen LogP contribution is 2.04. The zero-order valence-electron chi connectivity index (χ0n) is 6.56. The predicted molar refractivity (Wildman–Crippen MR) is 39.2 cm³/mol. The van der Waals surface area contributed by atoms with Gasteiger partial charge in [-0.1, -0.05) is 0 Å². The number of rotatable bonds is 1. The fourth-order valence-corrected chi connectivity index (χ4v) is 1.12. The summed E-state index contributed by atoms with van der Waals surface area (Å²) in [6, 6.07) is -1.62. The summed E-state index contributed by atoms with van der Waals surface area (Å²) in [5.41, 5.74) is 0. The highest BCUT2D eigenvalue weighted by Gasteiger charge is 2.38. The average molecular weight is 188 g/mol. The number of hydrogen-bond acceptors (Lipinski definition) is 3. The van der Waals surface area contributed by atoms with Crippen LogP contribution in [0, 0.1) is 0 Å². The molecule has 7 heteroatoms. The van der Waals surface area contributed by atoms with Crippen molar-refractivity contribution in [3.63, 3.8) is 0 Å². The molecule has 13 heavy (non-hydrogen) atoms. The molecule has 72 valence electrons. The number of carboxylic acid groups (broad SMARTS) is 2. The maximum atomic E-state index is 11.0. The number of carbonyl (C=O) groups excluding carboxylic acids is 1. The molecule has 0 aromatic heterocycles. The van der Waals surface area contributed by atoms with E-state index < -0.39 is 24.0 Å². The topological polar surface area (TPSA) is 107 Å². The van der Waals surface area contributed by atoms with Gasteiger partial charge in [0.2, 0.25) is 6.04 Å². The van der Waals surface area contributed by atoms with Crippen LogP contribution >= 0.6 is 0 Å². The maximum Gasteiger partial charge on any atom is 0.408 e. The van der Waals surface area contributed by atoms with E-state index in [0.29, 0.717) is 4.90 Å². The summed E-state index contributed by atoms with van der Waals surface area (Å²) in [5, 5.41) is 19.4. The van der Waals surface area contributed by atoms with Crippen LogP contribution in [0.25, 0.3) is 0 Å². The molecule has 0 bridgehead atoms. The van der Waals surface area contributed by atoms with Crippen LogP contribution in [-0.2, 0) is 9.59 Å². The summed E-state index contributed by atoms with van der Waals surface area (Å²) in [5.74, 6) is -2.25. The SMILES string of the molecule is O=C(O)C1C(=O)NCCN1C(=O)O. The standard InChI is InChI=1S/C6H8N2O5/c9-4-3(5(10)11)8(6(12)13)2-1-7-4/h3H,1-2H2,(H,7,9)(H,10,11)(H,12,13). The van der Waals surface area contributed by atoms with Crippen LogP contribution in [-0.4, -0.2) is 52.2 Å². The lowest BCUT2D eigenvalue weighted by Gasteiger charge is -2.29. The van der Waals surface area contributed by atoms with Crippen molar-refractivity contribution in [2.75, 3.05) is 13.1 Å². The molecule has 0 aliphatic carbocycles. The fourth-order valence-electron chi connectivity index (χ4n) is 1.12. The highest BCUT2D eigenvalue weighted by atomic mass is 16.4. The molecule has 0 aromatic carbocycles. The maximum absolute atomic E-state index is 11.0. The second kappa shape index (κ2) is 3.30. The molecular weight excluding hydrogens is 180 g/mol. The number of hydrogen-bond donors (Lipinski definition) is 3. The van der Waals surface area contributed by atoms with Crippen molar-refractivity contribution < 1.29 is 24.6 Å². The summed E-state index contributed by atoms with van der Waals surface area (Å²) >= 11 is 0. The number of piperazine rings is 1. The lowest BCUT2D eigenvalue weighted by Crippen LogP contribution is -2.60. The Bertz CT molecular complexity index is 264. The van der Waals surface area contributed by atoms with Crippen molar-refractivity contribution in [3.8, 4) is 0 Å². The molecule has 1 unspecified atom stereocenters. The second-order valence-electron chi connectivity index (χ2n) is 2.51. The Morgan fingerprint density at radius 1 is 1.46 bits per heavy atom. The lowest BCUT2D eigenvalue weighted by atomic mass is 10.2. The normalized spacial score (nSPS) is 22.3. The van der Waals surface area contributed by atoms with E-state index in [1.807, 2.05) is 0 Å². The number of aliphatic carboxylic acids is 1. The average Bonchev–Trinajstić information content (AvgIpc) is 2.02. The summed E-state index contributed by atoms with van der Waals surface area (Å²) in [7, 11) is 0. The largest absolute Gasteiger partial charge is 0.479 e.